The molecule has 1 aromatic rings. The maximum absolute atomic E-state index is 12.8. The number of aliphatic hydroxyl groups excluding tert-OH is 1. The van der Waals surface area contributed by atoms with Gasteiger partial charge in [-0.2, -0.15) is 0 Å². The van der Waals surface area contributed by atoms with Crippen molar-refractivity contribution in [3.05, 3.63) is 23.8 Å². The molecule has 2 amide bonds. The second-order valence-corrected chi connectivity index (χ2v) is 8.99. The summed E-state index contributed by atoms with van der Waals surface area (Å²) in [7, 11) is 0. The number of fused-ring (bicyclic) bond motifs is 2. The summed E-state index contributed by atoms with van der Waals surface area (Å²) in [4.78, 5) is 32.5. The van der Waals surface area contributed by atoms with Gasteiger partial charge in [0.2, 0.25) is 11.9 Å². The number of rotatable bonds is 10. The number of aliphatic hydroxyl groups is 1. The minimum absolute atomic E-state index is 0.0530. The first kappa shape index (κ1) is 22.6. The van der Waals surface area contributed by atoms with Gasteiger partial charge >= 0.3 is 0 Å². The van der Waals surface area contributed by atoms with Crippen LogP contribution < -0.4 is 10.1 Å². The summed E-state index contributed by atoms with van der Waals surface area (Å²) in [5, 5.41) is 12.2. The number of aliphatic imine (C=N–C) groups is 1. The normalized spacial score (nSPS) is 18.0. The first-order chi connectivity index (χ1) is 15.6. The molecule has 1 aromatic carbocycles. The van der Waals surface area contributed by atoms with Gasteiger partial charge in [-0.05, 0) is 24.5 Å². The molecular formula is C24H34N4O4. The highest BCUT2D eigenvalue weighted by Gasteiger charge is 2.30. The van der Waals surface area contributed by atoms with Crippen molar-refractivity contribution < 1.29 is 19.4 Å². The van der Waals surface area contributed by atoms with Crippen LogP contribution in [0.15, 0.2) is 23.2 Å². The lowest BCUT2D eigenvalue weighted by Crippen LogP contribution is -2.38. The number of hydrogen-bond acceptors (Lipinski definition) is 6. The predicted molar refractivity (Wildman–Crippen MR) is 122 cm³/mol. The number of ether oxygens (including phenoxy) is 1. The van der Waals surface area contributed by atoms with Gasteiger partial charge in [-0.1, -0.05) is 51.0 Å². The van der Waals surface area contributed by atoms with Crippen LogP contribution >= 0.6 is 0 Å². The van der Waals surface area contributed by atoms with Gasteiger partial charge in [-0.3, -0.25) is 14.9 Å². The number of unbranched alkanes of at least 4 members (excludes halogenated alkanes) is 1. The number of carbonyl (C=O) groups is 2. The number of nitrogens with one attached hydrogen (secondary N) is 1. The minimum atomic E-state index is -0.118. The van der Waals surface area contributed by atoms with Gasteiger partial charge in [0.25, 0.3) is 5.91 Å². The molecule has 174 valence electrons. The molecule has 2 N–H and O–H groups in total. The zero-order chi connectivity index (χ0) is 22.3. The Balaban J connectivity index is 1.28. The quantitative estimate of drug-likeness (QED) is 0.543. The van der Waals surface area contributed by atoms with E-state index in [1.807, 2.05) is 23.1 Å². The molecule has 4 rings (SSSR count). The number of hydrogen-bond donors (Lipinski definition) is 2. The smallest absolute Gasteiger partial charge is 0.260 e. The van der Waals surface area contributed by atoms with Crippen molar-refractivity contribution in [3.63, 3.8) is 0 Å². The van der Waals surface area contributed by atoms with E-state index in [0.29, 0.717) is 31.3 Å². The van der Waals surface area contributed by atoms with Crippen LogP contribution in [0.4, 0.5) is 5.69 Å². The average molecular weight is 443 g/mol. The van der Waals surface area contributed by atoms with Crippen molar-refractivity contribution in [3.8, 4) is 5.75 Å². The van der Waals surface area contributed by atoms with Crippen LogP contribution in [0.25, 0.3) is 0 Å². The van der Waals surface area contributed by atoms with E-state index in [2.05, 4.69) is 10.3 Å². The minimum Gasteiger partial charge on any atom is -0.483 e. The Morgan fingerprint density at radius 1 is 1.19 bits per heavy atom. The molecule has 2 heterocycles. The largest absolute Gasteiger partial charge is 0.483 e. The third kappa shape index (κ3) is 5.59. The third-order valence-electron chi connectivity index (χ3n) is 6.66. The molecule has 2 fully saturated rings. The second kappa shape index (κ2) is 10.8. The molecule has 0 atom stereocenters. The lowest BCUT2D eigenvalue weighted by atomic mass is 9.86. The van der Waals surface area contributed by atoms with E-state index in [1.165, 1.54) is 38.5 Å². The summed E-state index contributed by atoms with van der Waals surface area (Å²) in [5.41, 5.74) is 1.63. The predicted octanol–water partition coefficient (Wildman–Crippen LogP) is 2.57. The fraction of sp³-hybridized carbons (Fsp3) is 0.625. The molecule has 0 unspecified atom stereocenters. The van der Waals surface area contributed by atoms with Crippen LogP contribution in [0.1, 0.15) is 56.9 Å². The summed E-state index contributed by atoms with van der Waals surface area (Å²) in [6.45, 7) is 1.64. The van der Waals surface area contributed by atoms with Gasteiger partial charge in [0, 0.05) is 18.7 Å². The van der Waals surface area contributed by atoms with Crippen molar-refractivity contribution in [2.24, 2.45) is 10.9 Å². The van der Waals surface area contributed by atoms with Crippen molar-refractivity contribution in [1.29, 1.82) is 0 Å². The SMILES string of the molecule is O=C1CN2Cc3c(cccc3OCC(=O)N(CCO)CCCCC3CCCCC3)N=C2N1. The topological polar surface area (TPSA) is 94.5 Å². The van der Waals surface area contributed by atoms with Crippen LogP contribution in [-0.2, 0) is 16.1 Å². The summed E-state index contributed by atoms with van der Waals surface area (Å²) in [6.07, 6.45) is 10.1. The average Bonchev–Trinajstić information content (AvgIpc) is 3.17. The van der Waals surface area contributed by atoms with Crippen LogP contribution in [-0.4, -0.2) is 65.5 Å². The fourth-order valence-electron chi connectivity index (χ4n) is 4.90. The molecule has 3 aliphatic rings. The highest BCUT2D eigenvalue weighted by Crippen LogP contribution is 2.34. The molecule has 0 aromatic heterocycles. The molecule has 8 nitrogen and oxygen atoms in total. The highest BCUT2D eigenvalue weighted by molar-refractivity contribution is 6.05. The van der Waals surface area contributed by atoms with E-state index in [9.17, 15) is 14.7 Å². The Morgan fingerprint density at radius 2 is 2.03 bits per heavy atom. The zero-order valence-corrected chi connectivity index (χ0v) is 18.7. The first-order valence-corrected chi connectivity index (χ1v) is 11.9. The first-order valence-electron chi connectivity index (χ1n) is 11.9. The van der Waals surface area contributed by atoms with Gasteiger partial charge in [0.05, 0.1) is 18.8 Å². The Morgan fingerprint density at radius 3 is 2.84 bits per heavy atom. The number of benzene rings is 1. The van der Waals surface area contributed by atoms with Gasteiger partial charge < -0.3 is 19.6 Å². The lowest BCUT2D eigenvalue weighted by Gasteiger charge is -2.26. The molecule has 0 bridgehead atoms. The van der Waals surface area contributed by atoms with Crippen LogP contribution in [0, 0.1) is 5.92 Å². The van der Waals surface area contributed by atoms with Gasteiger partial charge in [-0.25, -0.2) is 4.99 Å². The second-order valence-electron chi connectivity index (χ2n) is 8.99. The number of guanidine groups is 1. The van der Waals surface area contributed by atoms with E-state index >= 15 is 0 Å². The fourth-order valence-corrected chi connectivity index (χ4v) is 4.90. The highest BCUT2D eigenvalue weighted by atomic mass is 16.5. The molecule has 2 aliphatic heterocycles. The number of amides is 2. The van der Waals surface area contributed by atoms with E-state index in [4.69, 9.17) is 4.74 Å². The zero-order valence-electron chi connectivity index (χ0n) is 18.7. The van der Waals surface area contributed by atoms with Crippen LogP contribution in [0.2, 0.25) is 0 Å². The van der Waals surface area contributed by atoms with Gasteiger partial charge in [-0.15, -0.1) is 0 Å². The Kier molecular flexibility index (Phi) is 7.63. The maximum atomic E-state index is 12.8. The summed E-state index contributed by atoms with van der Waals surface area (Å²) < 4.78 is 5.90. The van der Waals surface area contributed by atoms with Gasteiger partial charge in [0.15, 0.2) is 6.61 Å². The Labute approximate surface area is 189 Å². The number of nitrogens with zero attached hydrogens (tertiary/aromatic N) is 3. The third-order valence-corrected chi connectivity index (χ3v) is 6.66. The molecule has 0 radical (unpaired) electrons. The summed E-state index contributed by atoms with van der Waals surface area (Å²) >= 11 is 0. The molecule has 0 spiro atoms. The van der Waals surface area contributed by atoms with E-state index in [1.54, 1.807) is 4.90 Å². The molecule has 32 heavy (non-hydrogen) atoms. The Hall–Kier alpha value is -2.61. The van der Waals surface area contributed by atoms with Crippen molar-refractivity contribution in [2.75, 3.05) is 32.8 Å². The standard InChI is InChI=1S/C24H34N4O4/c29-14-13-27(12-5-4-9-18-7-2-1-3-8-18)23(31)17-32-21-11-6-10-20-19(21)15-28-16-22(30)26-24(28)25-20/h6,10-11,18,29H,1-5,7-9,12-17H2,(H,25,26,30). The monoisotopic (exact) mass is 442 g/mol. The molecule has 8 heteroatoms. The van der Waals surface area contributed by atoms with Crippen LogP contribution in [0.3, 0.4) is 0 Å². The number of carbonyl (C=O) groups excluding carboxylic acids is 2. The molecular weight excluding hydrogens is 408 g/mol. The van der Waals surface area contributed by atoms with Crippen LogP contribution in [0.5, 0.6) is 5.75 Å². The molecule has 1 saturated carbocycles. The summed E-state index contributed by atoms with van der Waals surface area (Å²) in [6, 6.07) is 5.55. The van der Waals surface area contributed by atoms with Crippen molar-refractivity contribution in [2.45, 2.75) is 57.9 Å². The maximum Gasteiger partial charge on any atom is 0.260 e. The van der Waals surface area contributed by atoms with Crippen molar-refractivity contribution >= 4 is 23.5 Å². The Bertz CT molecular complexity index is 850. The van der Waals surface area contributed by atoms with Gasteiger partial charge in [0.1, 0.15) is 12.3 Å². The molecule has 1 saturated heterocycles. The lowest BCUT2D eigenvalue weighted by molar-refractivity contribution is -0.134. The molecule has 1 aliphatic carbocycles. The summed E-state index contributed by atoms with van der Waals surface area (Å²) in [5.74, 6) is 1.84. The van der Waals surface area contributed by atoms with E-state index < -0.39 is 0 Å². The van der Waals surface area contributed by atoms with E-state index in [-0.39, 0.29) is 31.6 Å². The van der Waals surface area contributed by atoms with Crippen molar-refractivity contribution in [1.82, 2.24) is 15.1 Å². The van der Waals surface area contributed by atoms with E-state index in [0.717, 1.165) is 30.0 Å².